The van der Waals surface area contributed by atoms with Gasteiger partial charge in [0.15, 0.2) is 0 Å². The van der Waals surface area contributed by atoms with Crippen molar-refractivity contribution in [1.29, 1.82) is 0 Å². The fourth-order valence-corrected chi connectivity index (χ4v) is 6.65. The van der Waals surface area contributed by atoms with Crippen molar-refractivity contribution in [2.24, 2.45) is 11.8 Å². The maximum Gasteiger partial charge on any atom is 0.133 e. The van der Waals surface area contributed by atoms with E-state index in [2.05, 4.69) is 50.9 Å². The minimum absolute atomic E-state index is 0.417. The SMILES string of the molecule is OC(c1ccc(Cl)c(Cl)c1)N1CC(CN2CCC(COCc3ccccc3)CC2)C(c2ccsc2)C1. The summed E-state index contributed by atoms with van der Waals surface area (Å²) < 4.78 is 6.02. The normalized spacial score (nSPS) is 22.8. The zero-order valence-corrected chi connectivity index (χ0v) is 22.8. The van der Waals surface area contributed by atoms with Gasteiger partial charge in [0.2, 0.25) is 0 Å². The van der Waals surface area contributed by atoms with E-state index in [1.54, 1.807) is 23.5 Å². The topological polar surface area (TPSA) is 35.9 Å². The average molecular weight is 546 g/mol. The van der Waals surface area contributed by atoms with E-state index in [4.69, 9.17) is 27.9 Å². The minimum Gasteiger partial charge on any atom is -0.376 e. The van der Waals surface area contributed by atoms with E-state index < -0.39 is 6.23 Å². The van der Waals surface area contributed by atoms with Crippen molar-refractivity contribution in [3.63, 3.8) is 0 Å². The molecule has 3 atom stereocenters. The van der Waals surface area contributed by atoms with Crippen molar-refractivity contribution in [2.75, 3.05) is 39.3 Å². The number of hydrogen-bond acceptors (Lipinski definition) is 5. The number of nitrogens with zero attached hydrogens (tertiary/aromatic N) is 2. The van der Waals surface area contributed by atoms with Gasteiger partial charge in [-0.15, -0.1) is 0 Å². The molecule has 0 radical (unpaired) electrons. The maximum atomic E-state index is 11.2. The molecule has 7 heteroatoms. The molecule has 0 amide bonds. The van der Waals surface area contributed by atoms with Crippen LogP contribution in [0.2, 0.25) is 10.0 Å². The number of piperidine rings is 1. The van der Waals surface area contributed by atoms with Gasteiger partial charge in [-0.05, 0) is 83.4 Å². The van der Waals surface area contributed by atoms with E-state index in [-0.39, 0.29) is 0 Å². The molecule has 3 heterocycles. The van der Waals surface area contributed by atoms with Gasteiger partial charge in [-0.3, -0.25) is 4.90 Å². The number of thiophene rings is 1. The number of hydrogen-bond donors (Lipinski definition) is 1. The van der Waals surface area contributed by atoms with E-state index >= 15 is 0 Å². The number of aliphatic hydroxyl groups is 1. The van der Waals surface area contributed by atoms with Gasteiger partial charge in [-0.25, -0.2) is 0 Å². The van der Waals surface area contributed by atoms with Crippen molar-refractivity contribution in [3.05, 3.63) is 92.1 Å². The highest BCUT2D eigenvalue weighted by Crippen LogP contribution is 2.39. The van der Waals surface area contributed by atoms with Gasteiger partial charge in [0.1, 0.15) is 6.23 Å². The van der Waals surface area contributed by atoms with Crippen LogP contribution in [0.15, 0.2) is 65.4 Å². The van der Waals surface area contributed by atoms with Crippen LogP contribution in [-0.2, 0) is 11.3 Å². The summed E-state index contributed by atoms with van der Waals surface area (Å²) >= 11 is 14.1. The summed E-state index contributed by atoms with van der Waals surface area (Å²) in [6, 6.07) is 18.1. The van der Waals surface area contributed by atoms with Gasteiger partial charge in [-0.2, -0.15) is 11.3 Å². The summed E-state index contributed by atoms with van der Waals surface area (Å²) in [4.78, 5) is 4.81. The molecule has 0 saturated carbocycles. The van der Waals surface area contributed by atoms with Gasteiger partial charge >= 0.3 is 0 Å². The van der Waals surface area contributed by atoms with Gasteiger partial charge in [0, 0.05) is 32.2 Å². The van der Waals surface area contributed by atoms with Crippen molar-refractivity contribution in [3.8, 4) is 0 Å². The number of halogens is 2. The third kappa shape index (κ3) is 6.51. The first-order chi connectivity index (χ1) is 17.6. The summed E-state index contributed by atoms with van der Waals surface area (Å²) in [6.45, 7) is 6.52. The molecular formula is C29H34Cl2N2O2S. The van der Waals surface area contributed by atoms with Gasteiger partial charge in [0.05, 0.1) is 16.7 Å². The zero-order valence-electron chi connectivity index (χ0n) is 20.4. The van der Waals surface area contributed by atoms with E-state index in [0.717, 1.165) is 44.9 Å². The monoisotopic (exact) mass is 544 g/mol. The molecule has 36 heavy (non-hydrogen) atoms. The van der Waals surface area contributed by atoms with E-state index in [0.29, 0.717) is 34.4 Å². The van der Waals surface area contributed by atoms with Crippen molar-refractivity contribution in [1.82, 2.24) is 9.80 Å². The first-order valence-corrected chi connectivity index (χ1v) is 14.5. The van der Waals surface area contributed by atoms with Crippen molar-refractivity contribution in [2.45, 2.75) is 31.6 Å². The number of ether oxygens (including phenoxy) is 1. The Morgan fingerprint density at radius 1 is 1.00 bits per heavy atom. The highest BCUT2D eigenvalue weighted by molar-refractivity contribution is 7.08. The molecule has 1 N–H and O–H groups in total. The molecule has 3 unspecified atom stereocenters. The molecule has 2 fully saturated rings. The van der Waals surface area contributed by atoms with E-state index in [9.17, 15) is 5.11 Å². The smallest absolute Gasteiger partial charge is 0.133 e. The van der Waals surface area contributed by atoms with Crippen LogP contribution in [-0.4, -0.2) is 54.2 Å². The third-order valence-electron chi connectivity index (χ3n) is 7.69. The van der Waals surface area contributed by atoms with Crippen LogP contribution in [0.3, 0.4) is 0 Å². The van der Waals surface area contributed by atoms with Gasteiger partial charge < -0.3 is 14.7 Å². The third-order valence-corrected chi connectivity index (χ3v) is 9.13. The average Bonchev–Trinajstić information content (AvgIpc) is 3.57. The van der Waals surface area contributed by atoms with Crippen LogP contribution in [0.4, 0.5) is 0 Å². The number of benzene rings is 2. The predicted molar refractivity (Wildman–Crippen MR) is 149 cm³/mol. The quantitative estimate of drug-likeness (QED) is 0.325. The minimum atomic E-state index is -0.682. The molecule has 0 bridgehead atoms. The highest BCUT2D eigenvalue weighted by Gasteiger charge is 2.38. The molecule has 2 aromatic carbocycles. The van der Waals surface area contributed by atoms with E-state index in [1.165, 1.54) is 24.0 Å². The van der Waals surface area contributed by atoms with Crippen LogP contribution in [0.25, 0.3) is 0 Å². The second-order valence-corrected chi connectivity index (χ2v) is 11.8. The van der Waals surface area contributed by atoms with Crippen LogP contribution in [0.1, 0.15) is 41.7 Å². The Bertz CT molecular complexity index is 1090. The van der Waals surface area contributed by atoms with Crippen LogP contribution in [0, 0.1) is 11.8 Å². The molecule has 5 rings (SSSR count). The van der Waals surface area contributed by atoms with Crippen LogP contribution in [0.5, 0.6) is 0 Å². The second-order valence-electron chi connectivity index (χ2n) is 10.2. The van der Waals surface area contributed by atoms with Gasteiger partial charge in [-0.1, -0.05) is 59.6 Å². The first kappa shape index (κ1) is 26.2. The van der Waals surface area contributed by atoms with Crippen molar-refractivity contribution < 1.29 is 9.84 Å². The maximum absolute atomic E-state index is 11.2. The van der Waals surface area contributed by atoms with Crippen LogP contribution < -0.4 is 0 Å². The molecule has 1 aromatic heterocycles. The summed E-state index contributed by atoms with van der Waals surface area (Å²) in [6.07, 6.45) is 1.68. The molecule has 3 aromatic rings. The fraction of sp³-hybridized carbons (Fsp3) is 0.448. The predicted octanol–water partition coefficient (Wildman–Crippen LogP) is 6.69. The molecule has 192 valence electrons. The molecule has 0 spiro atoms. The Morgan fingerprint density at radius 3 is 2.53 bits per heavy atom. The second kappa shape index (κ2) is 12.4. The van der Waals surface area contributed by atoms with Crippen LogP contribution >= 0.6 is 34.5 Å². The summed E-state index contributed by atoms with van der Waals surface area (Å²) in [5, 5.41) is 16.6. The zero-order chi connectivity index (χ0) is 24.9. The summed E-state index contributed by atoms with van der Waals surface area (Å²) in [5.41, 5.74) is 3.42. The molecule has 2 aliphatic rings. The van der Waals surface area contributed by atoms with E-state index in [1.807, 2.05) is 12.1 Å². The molecule has 2 aliphatic heterocycles. The van der Waals surface area contributed by atoms with Gasteiger partial charge in [0.25, 0.3) is 0 Å². The molecular weight excluding hydrogens is 511 g/mol. The lowest BCUT2D eigenvalue weighted by Crippen LogP contribution is -2.39. The Balaban J connectivity index is 1.15. The summed E-state index contributed by atoms with van der Waals surface area (Å²) in [7, 11) is 0. The number of rotatable bonds is 9. The highest BCUT2D eigenvalue weighted by atomic mass is 35.5. The Kier molecular flexibility index (Phi) is 9.02. The largest absolute Gasteiger partial charge is 0.376 e. The number of aliphatic hydroxyl groups excluding tert-OH is 1. The lowest BCUT2D eigenvalue weighted by Gasteiger charge is -2.34. The standard InChI is InChI=1S/C29H34Cl2N2O2S/c30-27-7-6-23(14-28(27)31)29(34)33-16-25(26(17-33)24-10-13-36-20-24)15-32-11-8-22(9-12-32)19-35-18-21-4-2-1-3-5-21/h1-7,10,13-14,20,22,25-26,29,34H,8-9,11-12,15-19H2. The Labute approximate surface area is 228 Å². The number of likely N-dealkylation sites (tertiary alicyclic amines) is 2. The molecule has 2 saturated heterocycles. The fourth-order valence-electron chi connectivity index (χ4n) is 5.62. The lowest BCUT2D eigenvalue weighted by molar-refractivity contribution is 0.0137. The lowest BCUT2D eigenvalue weighted by atomic mass is 9.89. The van der Waals surface area contributed by atoms with Crippen molar-refractivity contribution >= 4 is 34.5 Å². The Hall–Kier alpha value is -1.44. The first-order valence-electron chi connectivity index (χ1n) is 12.8. The summed E-state index contributed by atoms with van der Waals surface area (Å²) in [5.74, 6) is 1.53. The molecule has 0 aliphatic carbocycles. The molecule has 4 nitrogen and oxygen atoms in total. The Morgan fingerprint density at radius 2 is 1.81 bits per heavy atom.